The Morgan fingerprint density at radius 1 is 1.19 bits per heavy atom. The summed E-state index contributed by atoms with van der Waals surface area (Å²) in [5, 5.41) is 3.77. The molecule has 0 spiro atoms. The summed E-state index contributed by atoms with van der Waals surface area (Å²) in [6.07, 6.45) is 0. The van der Waals surface area contributed by atoms with E-state index in [9.17, 15) is 4.79 Å². The molecule has 0 aliphatic heterocycles. The van der Waals surface area contributed by atoms with Crippen molar-refractivity contribution < 1.29 is 14.3 Å². The Morgan fingerprint density at radius 3 is 2.62 bits per heavy atom. The van der Waals surface area contributed by atoms with E-state index in [1.54, 1.807) is 25.3 Å². The lowest BCUT2D eigenvalue weighted by atomic mass is 10.1. The number of carbonyl (C=O) groups is 1. The molecule has 0 radical (unpaired) electrons. The highest BCUT2D eigenvalue weighted by Gasteiger charge is 2.16. The van der Waals surface area contributed by atoms with Gasteiger partial charge in [0.1, 0.15) is 11.5 Å². The molecule has 140 valence electrons. The van der Waals surface area contributed by atoms with E-state index < -0.39 is 0 Å². The lowest BCUT2D eigenvalue weighted by Gasteiger charge is -2.25. The standard InChI is InChI=1S/C19H22Cl2N2O3/c1-23(2)17(13-5-4-6-15(9-13)25-3)11-22-19(24)12-26-18-8-7-14(20)10-16(18)21/h4-10,17H,11-12H2,1-3H3,(H,22,24)/t17-/m0/s1. The van der Waals surface area contributed by atoms with Crippen LogP contribution in [0.1, 0.15) is 11.6 Å². The molecule has 0 bridgehead atoms. The van der Waals surface area contributed by atoms with Crippen molar-refractivity contribution in [3.8, 4) is 11.5 Å². The van der Waals surface area contributed by atoms with E-state index in [0.717, 1.165) is 11.3 Å². The van der Waals surface area contributed by atoms with Crippen LogP contribution >= 0.6 is 23.2 Å². The highest BCUT2D eigenvalue weighted by atomic mass is 35.5. The van der Waals surface area contributed by atoms with E-state index >= 15 is 0 Å². The van der Waals surface area contributed by atoms with E-state index in [1.165, 1.54) is 0 Å². The summed E-state index contributed by atoms with van der Waals surface area (Å²) in [5.74, 6) is 0.968. The van der Waals surface area contributed by atoms with E-state index in [2.05, 4.69) is 5.32 Å². The maximum absolute atomic E-state index is 12.1. The van der Waals surface area contributed by atoms with Gasteiger partial charge in [0, 0.05) is 11.6 Å². The predicted molar refractivity (Wildman–Crippen MR) is 104 cm³/mol. The molecule has 0 aromatic heterocycles. The molecule has 0 saturated heterocycles. The van der Waals surface area contributed by atoms with Crippen LogP contribution < -0.4 is 14.8 Å². The largest absolute Gasteiger partial charge is 0.497 e. The van der Waals surface area contributed by atoms with Crippen LogP contribution in [0.4, 0.5) is 0 Å². The van der Waals surface area contributed by atoms with Crippen LogP contribution in [0.2, 0.25) is 10.0 Å². The number of halogens is 2. The van der Waals surface area contributed by atoms with Crippen molar-refractivity contribution in [2.75, 3.05) is 34.4 Å². The van der Waals surface area contributed by atoms with Crippen molar-refractivity contribution in [2.24, 2.45) is 0 Å². The SMILES string of the molecule is COc1cccc([C@H](CNC(=O)COc2ccc(Cl)cc2Cl)N(C)C)c1. The molecule has 0 aliphatic rings. The van der Waals surface area contributed by atoms with Gasteiger partial charge in [0.25, 0.3) is 5.91 Å². The minimum Gasteiger partial charge on any atom is -0.497 e. The first-order valence-corrected chi connectivity index (χ1v) is 8.81. The van der Waals surface area contributed by atoms with Gasteiger partial charge in [-0.2, -0.15) is 0 Å². The maximum Gasteiger partial charge on any atom is 0.258 e. The van der Waals surface area contributed by atoms with Crippen LogP contribution in [-0.2, 0) is 4.79 Å². The highest BCUT2D eigenvalue weighted by molar-refractivity contribution is 6.35. The fraction of sp³-hybridized carbons (Fsp3) is 0.316. The second kappa shape index (κ2) is 9.67. The monoisotopic (exact) mass is 396 g/mol. The van der Waals surface area contributed by atoms with Crippen LogP contribution in [-0.4, -0.2) is 45.2 Å². The van der Waals surface area contributed by atoms with E-state index in [0.29, 0.717) is 22.3 Å². The van der Waals surface area contributed by atoms with Crippen LogP contribution in [0.15, 0.2) is 42.5 Å². The second-order valence-corrected chi connectivity index (χ2v) is 6.77. The molecule has 0 aliphatic carbocycles. The molecule has 1 amide bonds. The second-order valence-electron chi connectivity index (χ2n) is 5.92. The molecule has 0 unspecified atom stereocenters. The minimum absolute atomic E-state index is 0.00756. The Balaban J connectivity index is 1.92. The van der Waals surface area contributed by atoms with Crippen molar-refractivity contribution in [2.45, 2.75) is 6.04 Å². The van der Waals surface area contributed by atoms with Crippen molar-refractivity contribution in [3.63, 3.8) is 0 Å². The van der Waals surface area contributed by atoms with E-state index in [1.807, 2.05) is 43.3 Å². The van der Waals surface area contributed by atoms with Crippen molar-refractivity contribution in [3.05, 3.63) is 58.1 Å². The molecule has 0 fully saturated rings. The molecule has 5 nitrogen and oxygen atoms in total. The van der Waals surface area contributed by atoms with E-state index in [4.69, 9.17) is 32.7 Å². The van der Waals surface area contributed by atoms with E-state index in [-0.39, 0.29) is 18.6 Å². The van der Waals surface area contributed by atoms with Crippen molar-refractivity contribution >= 4 is 29.1 Å². The number of carbonyl (C=O) groups excluding carboxylic acids is 1. The number of rotatable bonds is 8. The number of benzene rings is 2. The maximum atomic E-state index is 12.1. The Kier molecular flexibility index (Phi) is 7.57. The average molecular weight is 397 g/mol. The average Bonchev–Trinajstić information content (AvgIpc) is 2.61. The van der Waals surface area contributed by atoms with Crippen LogP contribution in [0.3, 0.4) is 0 Å². The first-order chi connectivity index (χ1) is 12.4. The Bertz CT molecular complexity index is 753. The summed E-state index contributed by atoms with van der Waals surface area (Å²) in [5.41, 5.74) is 1.05. The summed E-state index contributed by atoms with van der Waals surface area (Å²) in [6, 6.07) is 12.7. The predicted octanol–water partition coefficient (Wildman–Crippen LogP) is 3.80. The molecule has 7 heteroatoms. The Hall–Kier alpha value is -1.95. The van der Waals surface area contributed by atoms with Gasteiger partial charge in [0.2, 0.25) is 0 Å². The number of nitrogens with zero attached hydrogens (tertiary/aromatic N) is 1. The zero-order valence-corrected chi connectivity index (χ0v) is 16.5. The zero-order chi connectivity index (χ0) is 19.1. The summed E-state index contributed by atoms with van der Waals surface area (Å²) < 4.78 is 10.7. The summed E-state index contributed by atoms with van der Waals surface area (Å²) in [4.78, 5) is 14.2. The number of hydrogen-bond donors (Lipinski definition) is 1. The molecule has 0 heterocycles. The van der Waals surface area contributed by atoms with Gasteiger partial charge in [0.05, 0.1) is 18.2 Å². The molecule has 1 atom stereocenters. The van der Waals surface area contributed by atoms with Gasteiger partial charge in [-0.15, -0.1) is 0 Å². The fourth-order valence-electron chi connectivity index (χ4n) is 2.44. The molecule has 26 heavy (non-hydrogen) atoms. The Labute approximate surface area is 163 Å². The van der Waals surface area contributed by atoms with Gasteiger partial charge in [-0.05, 0) is 50.0 Å². The molecule has 1 N–H and O–H groups in total. The quantitative estimate of drug-likeness (QED) is 0.736. The summed E-state index contributed by atoms with van der Waals surface area (Å²) in [7, 11) is 5.55. The minimum atomic E-state index is -0.231. The Morgan fingerprint density at radius 2 is 1.96 bits per heavy atom. The first kappa shape index (κ1) is 20.4. The number of likely N-dealkylation sites (N-methyl/N-ethyl adjacent to an activating group) is 1. The van der Waals surface area contributed by atoms with Crippen molar-refractivity contribution in [1.29, 1.82) is 0 Å². The van der Waals surface area contributed by atoms with Gasteiger partial charge in [-0.25, -0.2) is 0 Å². The number of hydrogen-bond acceptors (Lipinski definition) is 4. The lowest BCUT2D eigenvalue weighted by molar-refractivity contribution is -0.123. The third-order valence-electron chi connectivity index (χ3n) is 3.85. The highest BCUT2D eigenvalue weighted by Crippen LogP contribution is 2.27. The number of nitrogens with one attached hydrogen (secondary N) is 1. The summed E-state index contributed by atoms with van der Waals surface area (Å²) >= 11 is 11.9. The number of amides is 1. The van der Waals surface area contributed by atoms with Gasteiger partial charge >= 0.3 is 0 Å². The lowest BCUT2D eigenvalue weighted by Crippen LogP contribution is -2.36. The van der Waals surface area contributed by atoms with Crippen LogP contribution in [0.5, 0.6) is 11.5 Å². The molecule has 2 aromatic rings. The normalized spacial score (nSPS) is 11.9. The zero-order valence-electron chi connectivity index (χ0n) is 15.0. The van der Waals surface area contributed by atoms with Crippen LogP contribution in [0, 0.1) is 0 Å². The molecule has 2 rings (SSSR count). The molecular weight excluding hydrogens is 375 g/mol. The van der Waals surface area contributed by atoms with Gasteiger partial charge in [-0.1, -0.05) is 35.3 Å². The first-order valence-electron chi connectivity index (χ1n) is 8.05. The molecule has 0 saturated carbocycles. The van der Waals surface area contributed by atoms with Crippen molar-refractivity contribution in [1.82, 2.24) is 10.2 Å². The summed E-state index contributed by atoms with van der Waals surface area (Å²) in [6.45, 7) is 0.316. The third kappa shape index (κ3) is 5.80. The smallest absolute Gasteiger partial charge is 0.258 e. The topological polar surface area (TPSA) is 50.8 Å². The van der Waals surface area contributed by atoms with Gasteiger partial charge in [0.15, 0.2) is 6.61 Å². The van der Waals surface area contributed by atoms with Gasteiger partial charge in [-0.3, -0.25) is 4.79 Å². The number of ether oxygens (including phenoxy) is 2. The van der Waals surface area contributed by atoms with Crippen LogP contribution in [0.25, 0.3) is 0 Å². The fourth-order valence-corrected chi connectivity index (χ4v) is 2.91. The molecular formula is C19H22Cl2N2O3. The van der Waals surface area contributed by atoms with Gasteiger partial charge < -0.3 is 19.7 Å². The molecule has 2 aromatic carbocycles. The third-order valence-corrected chi connectivity index (χ3v) is 4.38. The number of methoxy groups -OCH3 is 1.